The number of aryl methyl sites for hydroxylation is 1. The van der Waals surface area contributed by atoms with E-state index in [0.29, 0.717) is 12.1 Å². The Bertz CT molecular complexity index is 705. The Labute approximate surface area is 123 Å². The number of nitrogens with two attached hydrogens (primary N) is 1. The molecule has 0 spiro atoms. The van der Waals surface area contributed by atoms with Gasteiger partial charge in [0.15, 0.2) is 0 Å². The molecule has 0 aliphatic heterocycles. The first-order chi connectivity index (χ1) is 9.77. The van der Waals surface area contributed by atoms with Gasteiger partial charge < -0.3 is 10.7 Å². The van der Waals surface area contributed by atoms with Gasteiger partial charge in [-0.05, 0) is 46.1 Å². The van der Waals surface area contributed by atoms with Gasteiger partial charge in [-0.1, -0.05) is 0 Å². The highest BCUT2D eigenvalue weighted by molar-refractivity contribution is 5.76. The zero-order valence-corrected chi connectivity index (χ0v) is 12.9. The van der Waals surface area contributed by atoms with Crippen LogP contribution in [-0.4, -0.2) is 20.4 Å². The van der Waals surface area contributed by atoms with E-state index >= 15 is 0 Å². The average molecular weight is 289 g/mol. The van der Waals surface area contributed by atoms with Crippen LogP contribution in [0.1, 0.15) is 45.7 Å². The van der Waals surface area contributed by atoms with Gasteiger partial charge in [0, 0.05) is 29.2 Å². The van der Waals surface area contributed by atoms with Crippen molar-refractivity contribution in [1.29, 1.82) is 5.41 Å². The summed E-state index contributed by atoms with van der Waals surface area (Å²) in [5.74, 6) is 0.232. The van der Waals surface area contributed by atoms with Crippen molar-refractivity contribution in [2.45, 2.75) is 52.0 Å². The molecule has 0 saturated carbocycles. The number of aromatic nitrogens is 3. The third-order valence-electron chi connectivity index (χ3n) is 3.43. The van der Waals surface area contributed by atoms with Crippen LogP contribution in [0.5, 0.6) is 0 Å². The lowest BCUT2D eigenvalue weighted by Gasteiger charge is -2.21. The van der Waals surface area contributed by atoms with Crippen LogP contribution in [0.2, 0.25) is 0 Å². The van der Waals surface area contributed by atoms with Gasteiger partial charge in [0.25, 0.3) is 0 Å². The second-order valence-electron chi connectivity index (χ2n) is 6.40. The Kier molecular flexibility index (Phi) is 4.16. The molecule has 2 heterocycles. The van der Waals surface area contributed by atoms with Crippen LogP contribution in [0.15, 0.2) is 17.1 Å². The van der Waals surface area contributed by atoms with Gasteiger partial charge in [-0.2, -0.15) is 4.98 Å². The molecule has 6 heteroatoms. The third kappa shape index (κ3) is 3.71. The van der Waals surface area contributed by atoms with Crippen molar-refractivity contribution >= 4 is 16.9 Å². The Morgan fingerprint density at radius 1 is 1.43 bits per heavy atom. The molecule has 0 amide bonds. The Morgan fingerprint density at radius 3 is 2.76 bits per heavy atom. The molecule has 0 radical (unpaired) electrons. The van der Waals surface area contributed by atoms with Crippen molar-refractivity contribution in [1.82, 2.24) is 14.5 Å². The van der Waals surface area contributed by atoms with Crippen LogP contribution >= 0.6 is 0 Å². The Morgan fingerprint density at radius 2 is 2.14 bits per heavy atom. The molecule has 114 valence electrons. The highest BCUT2D eigenvalue weighted by atomic mass is 16.1. The van der Waals surface area contributed by atoms with E-state index < -0.39 is 0 Å². The summed E-state index contributed by atoms with van der Waals surface area (Å²) >= 11 is 0. The van der Waals surface area contributed by atoms with E-state index in [4.69, 9.17) is 11.1 Å². The zero-order valence-electron chi connectivity index (χ0n) is 12.9. The SMILES string of the molecule is CC(C)(C)n1cc2cc(CCCCC(=N)N)[nH]c2nc1=O. The maximum atomic E-state index is 12.0. The minimum absolute atomic E-state index is 0.232. The first-order valence-corrected chi connectivity index (χ1v) is 7.22. The molecule has 2 rings (SSSR count). The summed E-state index contributed by atoms with van der Waals surface area (Å²) in [5.41, 5.74) is 6.52. The van der Waals surface area contributed by atoms with Crippen LogP contribution in [0.4, 0.5) is 0 Å². The van der Waals surface area contributed by atoms with E-state index in [0.717, 1.165) is 30.3 Å². The summed E-state index contributed by atoms with van der Waals surface area (Å²) in [5, 5.41) is 8.14. The molecular weight excluding hydrogens is 266 g/mol. The van der Waals surface area contributed by atoms with E-state index in [9.17, 15) is 4.79 Å². The first-order valence-electron chi connectivity index (χ1n) is 7.22. The van der Waals surface area contributed by atoms with Crippen LogP contribution < -0.4 is 11.4 Å². The van der Waals surface area contributed by atoms with Crippen LogP contribution in [0.25, 0.3) is 11.0 Å². The average Bonchev–Trinajstić information content (AvgIpc) is 2.73. The van der Waals surface area contributed by atoms with Gasteiger partial charge >= 0.3 is 5.69 Å². The van der Waals surface area contributed by atoms with Crippen molar-refractivity contribution in [3.63, 3.8) is 0 Å². The zero-order chi connectivity index (χ0) is 15.6. The molecule has 21 heavy (non-hydrogen) atoms. The second kappa shape index (κ2) is 5.71. The lowest BCUT2D eigenvalue weighted by molar-refractivity contribution is 0.380. The lowest BCUT2D eigenvalue weighted by atomic mass is 10.1. The van der Waals surface area contributed by atoms with Gasteiger partial charge in [-0.3, -0.25) is 9.98 Å². The normalized spacial score (nSPS) is 12.0. The number of nitrogens with zero attached hydrogens (tertiary/aromatic N) is 2. The maximum Gasteiger partial charge on any atom is 0.350 e. The number of aromatic amines is 1. The molecule has 0 aliphatic carbocycles. The summed E-state index contributed by atoms with van der Waals surface area (Å²) in [6, 6.07) is 2.04. The minimum atomic E-state index is -0.281. The molecule has 0 bridgehead atoms. The third-order valence-corrected chi connectivity index (χ3v) is 3.43. The van der Waals surface area contributed by atoms with Crippen molar-refractivity contribution in [2.75, 3.05) is 0 Å². The largest absolute Gasteiger partial charge is 0.388 e. The van der Waals surface area contributed by atoms with Crippen LogP contribution in [0.3, 0.4) is 0 Å². The summed E-state index contributed by atoms with van der Waals surface area (Å²) < 4.78 is 1.66. The van der Waals surface area contributed by atoms with Crippen molar-refractivity contribution < 1.29 is 0 Å². The first kappa shape index (κ1) is 15.3. The highest BCUT2D eigenvalue weighted by Crippen LogP contribution is 2.17. The standard InChI is InChI=1S/C15H23N5O/c1-15(2,3)20-9-10-8-11(6-4-5-7-12(16)17)18-13(10)19-14(20)21/h8-9H,4-7H2,1-3H3,(H3,16,17)(H,18,19,21). The molecule has 0 atom stereocenters. The van der Waals surface area contributed by atoms with Crippen molar-refractivity contribution in [2.24, 2.45) is 5.73 Å². The number of hydrogen-bond donors (Lipinski definition) is 3. The fourth-order valence-electron chi connectivity index (χ4n) is 2.30. The van der Waals surface area contributed by atoms with Gasteiger partial charge in [0.05, 0.1) is 5.84 Å². The van der Waals surface area contributed by atoms with Gasteiger partial charge in [0.2, 0.25) is 0 Å². The quantitative estimate of drug-likeness (QED) is 0.446. The van der Waals surface area contributed by atoms with Gasteiger partial charge in [-0.15, -0.1) is 0 Å². The predicted molar refractivity (Wildman–Crippen MR) is 84.8 cm³/mol. The number of amidine groups is 1. The van der Waals surface area contributed by atoms with Crippen molar-refractivity contribution in [3.05, 3.63) is 28.4 Å². The molecular formula is C15H23N5O. The number of unbranched alkanes of at least 4 members (excludes halogenated alkanes) is 1. The Balaban J connectivity index is 2.18. The van der Waals surface area contributed by atoms with E-state index in [1.54, 1.807) is 4.57 Å². The molecule has 2 aromatic heterocycles. The van der Waals surface area contributed by atoms with Crippen LogP contribution in [0, 0.1) is 5.41 Å². The van der Waals surface area contributed by atoms with E-state index in [1.807, 2.05) is 33.0 Å². The fraction of sp³-hybridized carbons (Fsp3) is 0.533. The molecule has 0 saturated heterocycles. The maximum absolute atomic E-state index is 12.0. The molecule has 0 aromatic carbocycles. The smallest absolute Gasteiger partial charge is 0.350 e. The summed E-state index contributed by atoms with van der Waals surface area (Å²) in [7, 11) is 0. The molecule has 0 unspecified atom stereocenters. The number of rotatable bonds is 5. The summed E-state index contributed by atoms with van der Waals surface area (Å²) in [6.45, 7) is 5.95. The van der Waals surface area contributed by atoms with Crippen molar-refractivity contribution in [3.8, 4) is 0 Å². The van der Waals surface area contributed by atoms with Crippen LogP contribution in [-0.2, 0) is 12.0 Å². The van der Waals surface area contributed by atoms with E-state index in [-0.39, 0.29) is 17.1 Å². The van der Waals surface area contributed by atoms with Gasteiger partial charge in [0.1, 0.15) is 5.65 Å². The summed E-state index contributed by atoms with van der Waals surface area (Å²) in [4.78, 5) is 19.3. The number of fused-ring (bicyclic) bond motifs is 1. The predicted octanol–water partition coefficient (Wildman–Crippen LogP) is 2.13. The van der Waals surface area contributed by atoms with E-state index in [1.165, 1.54) is 0 Å². The highest BCUT2D eigenvalue weighted by Gasteiger charge is 2.16. The number of H-pyrrole nitrogens is 1. The molecule has 0 fully saturated rings. The molecule has 0 aliphatic rings. The number of nitrogens with one attached hydrogen (secondary N) is 2. The minimum Gasteiger partial charge on any atom is -0.388 e. The topological polar surface area (TPSA) is 101 Å². The Hall–Kier alpha value is -2.11. The molecule has 6 nitrogen and oxygen atoms in total. The van der Waals surface area contributed by atoms with Gasteiger partial charge in [-0.25, -0.2) is 4.79 Å². The lowest BCUT2D eigenvalue weighted by Crippen LogP contribution is -2.34. The number of hydrogen-bond acceptors (Lipinski definition) is 3. The molecule has 4 N–H and O–H groups in total. The molecule has 2 aromatic rings. The summed E-state index contributed by atoms with van der Waals surface area (Å²) in [6.07, 6.45) is 5.21. The monoisotopic (exact) mass is 289 g/mol. The fourth-order valence-corrected chi connectivity index (χ4v) is 2.30. The van der Waals surface area contributed by atoms with E-state index in [2.05, 4.69) is 9.97 Å². The second-order valence-corrected chi connectivity index (χ2v) is 6.40.